The molecule has 0 radical (unpaired) electrons. The van der Waals surface area contributed by atoms with Gasteiger partial charge in [0.05, 0.1) is 17.6 Å². The van der Waals surface area contributed by atoms with Gasteiger partial charge in [0.1, 0.15) is 12.4 Å². The summed E-state index contributed by atoms with van der Waals surface area (Å²) in [6.07, 6.45) is 1.63. The maximum absolute atomic E-state index is 13.2. The molecule has 6 nitrogen and oxygen atoms in total. The van der Waals surface area contributed by atoms with E-state index in [1.807, 2.05) is 37.3 Å². The molecular formula is C24H20N2O4. The Morgan fingerprint density at radius 3 is 2.53 bits per heavy atom. The van der Waals surface area contributed by atoms with Crippen LogP contribution in [-0.2, 0) is 17.8 Å². The largest absolute Gasteiger partial charge is 0.487 e. The molecule has 0 aliphatic rings. The zero-order valence-electron chi connectivity index (χ0n) is 16.4. The maximum atomic E-state index is 13.2. The number of aliphatic carboxylic acids is 1. The Morgan fingerprint density at radius 2 is 1.83 bits per heavy atom. The SMILES string of the molecule is Cc1cc2c(CC(=O)O)cccc2n1C(=O)c1ccc(OCc2ccccn2)cc1. The van der Waals surface area contributed by atoms with Crippen LogP contribution >= 0.6 is 0 Å². The highest BCUT2D eigenvalue weighted by Crippen LogP contribution is 2.25. The van der Waals surface area contributed by atoms with Crippen molar-refractivity contribution in [3.63, 3.8) is 0 Å². The molecule has 150 valence electrons. The van der Waals surface area contributed by atoms with Crippen molar-refractivity contribution < 1.29 is 19.4 Å². The standard InChI is InChI=1S/C24H20N2O4/c1-16-13-21-18(14-23(27)28)5-4-7-22(21)26(16)24(29)17-8-10-20(11-9-17)30-15-19-6-2-3-12-25-19/h2-13H,14-15H2,1H3,(H,27,28). The highest BCUT2D eigenvalue weighted by Gasteiger charge is 2.17. The second-order valence-electron chi connectivity index (χ2n) is 6.98. The number of aryl methyl sites for hydroxylation is 1. The number of carboxylic acid groups (broad SMARTS) is 1. The Balaban J connectivity index is 1.58. The lowest BCUT2D eigenvalue weighted by atomic mass is 10.1. The zero-order chi connectivity index (χ0) is 21.1. The molecular weight excluding hydrogens is 380 g/mol. The quantitative estimate of drug-likeness (QED) is 0.524. The maximum Gasteiger partial charge on any atom is 0.307 e. The van der Waals surface area contributed by atoms with Gasteiger partial charge in [0, 0.05) is 22.8 Å². The van der Waals surface area contributed by atoms with Crippen molar-refractivity contribution in [2.75, 3.05) is 0 Å². The van der Waals surface area contributed by atoms with Gasteiger partial charge in [-0.1, -0.05) is 18.2 Å². The first-order chi connectivity index (χ1) is 14.5. The van der Waals surface area contributed by atoms with Crippen molar-refractivity contribution >= 4 is 22.8 Å². The second kappa shape index (κ2) is 8.21. The first-order valence-electron chi connectivity index (χ1n) is 9.52. The molecule has 0 atom stereocenters. The number of nitrogens with zero attached hydrogens (tertiary/aromatic N) is 2. The van der Waals surface area contributed by atoms with Crippen molar-refractivity contribution in [3.8, 4) is 5.75 Å². The fourth-order valence-corrected chi connectivity index (χ4v) is 3.47. The first kappa shape index (κ1) is 19.4. The summed E-state index contributed by atoms with van der Waals surface area (Å²) >= 11 is 0. The summed E-state index contributed by atoms with van der Waals surface area (Å²) in [6.45, 7) is 2.19. The topological polar surface area (TPSA) is 81.4 Å². The molecule has 6 heteroatoms. The van der Waals surface area contributed by atoms with Gasteiger partial charge in [-0.3, -0.25) is 19.1 Å². The minimum Gasteiger partial charge on any atom is -0.487 e. The zero-order valence-corrected chi connectivity index (χ0v) is 16.4. The van der Waals surface area contributed by atoms with E-state index in [0.717, 1.165) is 16.8 Å². The van der Waals surface area contributed by atoms with Gasteiger partial charge >= 0.3 is 5.97 Å². The second-order valence-corrected chi connectivity index (χ2v) is 6.98. The smallest absolute Gasteiger partial charge is 0.307 e. The van der Waals surface area contributed by atoms with Crippen LogP contribution in [0.2, 0.25) is 0 Å². The number of pyridine rings is 1. The van der Waals surface area contributed by atoms with Crippen LogP contribution in [0.25, 0.3) is 10.9 Å². The molecule has 0 saturated carbocycles. The number of fused-ring (bicyclic) bond motifs is 1. The molecule has 2 aromatic carbocycles. The average molecular weight is 400 g/mol. The lowest BCUT2D eigenvalue weighted by molar-refractivity contribution is -0.136. The van der Waals surface area contributed by atoms with Crippen molar-refractivity contribution in [1.29, 1.82) is 0 Å². The summed E-state index contributed by atoms with van der Waals surface area (Å²) < 4.78 is 7.34. The minimum absolute atomic E-state index is 0.0860. The summed E-state index contributed by atoms with van der Waals surface area (Å²) in [5, 5.41) is 9.92. The van der Waals surface area contributed by atoms with Crippen LogP contribution in [-0.4, -0.2) is 26.5 Å². The van der Waals surface area contributed by atoms with Gasteiger partial charge in [0.2, 0.25) is 0 Å². The van der Waals surface area contributed by atoms with E-state index in [4.69, 9.17) is 9.84 Å². The number of rotatable bonds is 6. The molecule has 0 saturated heterocycles. The third kappa shape index (κ3) is 3.93. The van der Waals surface area contributed by atoms with Crippen LogP contribution in [0.15, 0.2) is 72.9 Å². The third-order valence-electron chi connectivity index (χ3n) is 4.88. The molecule has 0 amide bonds. The predicted molar refractivity (Wildman–Crippen MR) is 113 cm³/mol. The predicted octanol–water partition coefficient (Wildman–Crippen LogP) is 4.24. The number of hydrogen-bond donors (Lipinski definition) is 1. The van der Waals surface area contributed by atoms with Gasteiger partial charge in [-0.15, -0.1) is 0 Å². The van der Waals surface area contributed by atoms with Crippen molar-refractivity contribution in [2.45, 2.75) is 20.0 Å². The first-order valence-corrected chi connectivity index (χ1v) is 9.52. The van der Waals surface area contributed by atoms with E-state index in [1.54, 1.807) is 47.2 Å². The summed E-state index contributed by atoms with van der Waals surface area (Å²) in [4.78, 5) is 28.5. The summed E-state index contributed by atoms with van der Waals surface area (Å²) in [5.74, 6) is -0.429. The Labute approximate surface area is 173 Å². The molecule has 0 bridgehead atoms. The van der Waals surface area contributed by atoms with Crippen molar-refractivity contribution in [3.05, 3.63) is 95.4 Å². The summed E-state index contributed by atoms with van der Waals surface area (Å²) in [6, 6.07) is 19.8. The molecule has 0 aliphatic heterocycles. The molecule has 4 rings (SSSR count). The monoisotopic (exact) mass is 400 g/mol. The van der Waals surface area contributed by atoms with E-state index in [9.17, 15) is 9.59 Å². The fourth-order valence-electron chi connectivity index (χ4n) is 3.47. The van der Waals surface area contributed by atoms with Gasteiger partial charge in [0.25, 0.3) is 5.91 Å². The molecule has 0 aliphatic carbocycles. The number of benzene rings is 2. The van der Waals surface area contributed by atoms with Crippen LogP contribution in [0.4, 0.5) is 0 Å². The van der Waals surface area contributed by atoms with E-state index in [-0.39, 0.29) is 12.3 Å². The summed E-state index contributed by atoms with van der Waals surface area (Å²) in [7, 11) is 0. The number of hydrogen-bond acceptors (Lipinski definition) is 4. The average Bonchev–Trinajstić information content (AvgIpc) is 3.09. The van der Waals surface area contributed by atoms with Gasteiger partial charge < -0.3 is 9.84 Å². The van der Waals surface area contributed by atoms with E-state index >= 15 is 0 Å². The van der Waals surface area contributed by atoms with Crippen molar-refractivity contribution in [2.24, 2.45) is 0 Å². The van der Waals surface area contributed by atoms with E-state index < -0.39 is 5.97 Å². The van der Waals surface area contributed by atoms with Gasteiger partial charge in [-0.05, 0) is 61.0 Å². The third-order valence-corrected chi connectivity index (χ3v) is 4.88. The minimum atomic E-state index is -0.902. The van der Waals surface area contributed by atoms with Gasteiger partial charge in [-0.25, -0.2) is 0 Å². The molecule has 30 heavy (non-hydrogen) atoms. The Morgan fingerprint density at radius 1 is 1.03 bits per heavy atom. The molecule has 4 aromatic rings. The van der Waals surface area contributed by atoms with Crippen LogP contribution in [0, 0.1) is 6.92 Å². The number of carboxylic acids is 1. The Bertz CT molecular complexity index is 1210. The summed E-state index contributed by atoms with van der Waals surface area (Å²) in [5.41, 5.74) is 3.48. The van der Waals surface area contributed by atoms with Crippen molar-refractivity contribution in [1.82, 2.24) is 9.55 Å². The molecule has 0 spiro atoms. The van der Waals surface area contributed by atoms with E-state index in [1.165, 1.54) is 0 Å². The van der Waals surface area contributed by atoms with Crippen LogP contribution < -0.4 is 4.74 Å². The number of carbonyl (C=O) groups excluding carboxylic acids is 1. The molecule has 0 unspecified atom stereocenters. The molecule has 2 aromatic heterocycles. The van der Waals surface area contributed by atoms with Gasteiger partial charge in [-0.2, -0.15) is 0 Å². The van der Waals surface area contributed by atoms with E-state index in [2.05, 4.69) is 4.98 Å². The number of aromatic nitrogens is 2. The lowest BCUT2D eigenvalue weighted by Gasteiger charge is -2.09. The van der Waals surface area contributed by atoms with Crippen LogP contribution in [0.3, 0.4) is 0 Å². The van der Waals surface area contributed by atoms with Crippen LogP contribution in [0.1, 0.15) is 27.3 Å². The number of carbonyl (C=O) groups is 2. The van der Waals surface area contributed by atoms with Crippen LogP contribution in [0.5, 0.6) is 5.75 Å². The normalized spacial score (nSPS) is 10.8. The molecule has 2 heterocycles. The highest BCUT2D eigenvalue weighted by molar-refractivity contribution is 6.04. The molecule has 1 N–H and O–H groups in total. The fraction of sp³-hybridized carbons (Fsp3) is 0.125. The highest BCUT2D eigenvalue weighted by atomic mass is 16.5. The number of ether oxygens (including phenoxy) is 1. The molecule has 0 fully saturated rings. The Kier molecular flexibility index (Phi) is 5.30. The van der Waals surface area contributed by atoms with E-state index in [0.29, 0.717) is 29.0 Å². The van der Waals surface area contributed by atoms with Gasteiger partial charge in [0.15, 0.2) is 0 Å². The lowest BCUT2D eigenvalue weighted by Crippen LogP contribution is -2.13. The Hall–Kier alpha value is -3.93.